The van der Waals surface area contributed by atoms with Crippen LogP contribution in [0.2, 0.25) is 0 Å². The summed E-state index contributed by atoms with van der Waals surface area (Å²) in [5.74, 6) is 0.450. The van der Waals surface area contributed by atoms with Gasteiger partial charge in [0.25, 0.3) is 5.91 Å². The second-order valence-electron chi connectivity index (χ2n) is 6.85. The van der Waals surface area contributed by atoms with Crippen LogP contribution in [0.5, 0.6) is 5.75 Å². The van der Waals surface area contributed by atoms with E-state index in [-0.39, 0.29) is 5.91 Å². The van der Waals surface area contributed by atoms with Crippen molar-refractivity contribution in [2.45, 2.75) is 13.0 Å². The number of carbonyl (C=O) groups excluding carboxylic acids is 1. The first-order chi connectivity index (χ1) is 13.7. The van der Waals surface area contributed by atoms with E-state index in [1.54, 1.807) is 31.2 Å². The molecule has 0 aliphatic carbocycles. The molecule has 1 amide bonds. The van der Waals surface area contributed by atoms with Crippen molar-refractivity contribution in [2.24, 2.45) is 0 Å². The maximum atomic E-state index is 12.2. The molecule has 2 aromatic carbocycles. The van der Waals surface area contributed by atoms with E-state index in [2.05, 4.69) is 45.5 Å². The summed E-state index contributed by atoms with van der Waals surface area (Å²) in [6.45, 7) is 7.13. The molecule has 1 N–H and O–H groups in total. The van der Waals surface area contributed by atoms with Crippen LogP contribution in [-0.2, 0) is 4.79 Å². The highest BCUT2D eigenvalue weighted by molar-refractivity contribution is 5.80. The Labute approximate surface area is 166 Å². The number of hydrogen-bond acceptors (Lipinski definition) is 5. The standard InChI is InChI=1S/C22H26N4O2/c1-18(28-21-9-7-19(17-23)8-10-21)22(27)24-11-12-25-13-15-26(16-14-25)20-5-3-2-4-6-20/h2-10,18H,11-16H2,1H3,(H,24,27). The Morgan fingerprint density at radius 3 is 2.43 bits per heavy atom. The van der Waals surface area contributed by atoms with Gasteiger partial charge in [0.05, 0.1) is 11.6 Å². The molecular weight excluding hydrogens is 352 g/mol. The van der Waals surface area contributed by atoms with E-state index in [1.165, 1.54) is 5.69 Å². The number of piperazine rings is 1. The molecule has 1 fully saturated rings. The van der Waals surface area contributed by atoms with Crippen LogP contribution in [0, 0.1) is 11.3 Å². The van der Waals surface area contributed by atoms with Gasteiger partial charge in [-0.1, -0.05) is 18.2 Å². The first kappa shape index (κ1) is 19.7. The minimum atomic E-state index is -0.581. The highest BCUT2D eigenvalue weighted by atomic mass is 16.5. The third kappa shape index (κ3) is 5.48. The van der Waals surface area contributed by atoms with Gasteiger partial charge in [0.15, 0.2) is 6.10 Å². The third-order valence-corrected chi connectivity index (χ3v) is 4.89. The van der Waals surface area contributed by atoms with Crippen molar-refractivity contribution in [2.75, 3.05) is 44.2 Å². The zero-order valence-corrected chi connectivity index (χ0v) is 16.2. The predicted molar refractivity (Wildman–Crippen MR) is 109 cm³/mol. The molecule has 146 valence electrons. The van der Waals surface area contributed by atoms with Gasteiger partial charge < -0.3 is 15.0 Å². The number of rotatable bonds is 7. The molecule has 6 heteroatoms. The molecule has 3 rings (SSSR count). The summed E-state index contributed by atoms with van der Waals surface area (Å²) in [7, 11) is 0. The van der Waals surface area contributed by atoms with Crippen LogP contribution in [0.4, 0.5) is 5.69 Å². The van der Waals surface area contributed by atoms with Gasteiger partial charge in [0.2, 0.25) is 0 Å². The van der Waals surface area contributed by atoms with Crippen LogP contribution in [0.1, 0.15) is 12.5 Å². The van der Waals surface area contributed by atoms with Crippen molar-refractivity contribution in [3.05, 3.63) is 60.2 Å². The maximum Gasteiger partial charge on any atom is 0.260 e. The van der Waals surface area contributed by atoms with E-state index < -0.39 is 6.10 Å². The molecule has 1 atom stereocenters. The zero-order chi connectivity index (χ0) is 19.8. The molecule has 1 heterocycles. The molecule has 0 aromatic heterocycles. The smallest absolute Gasteiger partial charge is 0.260 e. The second-order valence-corrected chi connectivity index (χ2v) is 6.85. The van der Waals surface area contributed by atoms with Crippen molar-refractivity contribution < 1.29 is 9.53 Å². The van der Waals surface area contributed by atoms with Gasteiger partial charge >= 0.3 is 0 Å². The lowest BCUT2D eigenvalue weighted by atomic mass is 10.2. The molecular formula is C22H26N4O2. The van der Waals surface area contributed by atoms with Crippen molar-refractivity contribution in [1.29, 1.82) is 5.26 Å². The van der Waals surface area contributed by atoms with Gasteiger partial charge in [-0.15, -0.1) is 0 Å². The van der Waals surface area contributed by atoms with Gasteiger partial charge in [-0.3, -0.25) is 9.69 Å². The minimum absolute atomic E-state index is 0.132. The summed E-state index contributed by atoms with van der Waals surface area (Å²) in [6, 6.07) is 19.3. The van der Waals surface area contributed by atoms with Crippen molar-refractivity contribution in [3.8, 4) is 11.8 Å². The summed E-state index contributed by atoms with van der Waals surface area (Å²) >= 11 is 0. The van der Waals surface area contributed by atoms with E-state index in [0.29, 0.717) is 17.9 Å². The largest absolute Gasteiger partial charge is 0.481 e. The molecule has 1 saturated heterocycles. The summed E-state index contributed by atoms with van der Waals surface area (Å²) in [5.41, 5.74) is 1.83. The molecule has 0 spiro atoms. The summed E-state index contributed by atoms with van der Waals surface area (Å²) in [4.78, 5) is 17.0. The average molecular weight is 378 g/mol. The number of para-hydroxylation sites is 1. The highest BCUT2D eigenvalue weighted by Crippen LogP contribution is 2.15. The summed E-state index contributed by atoms with van der Waals surface area (Å²) in [5, 5.41) is 11.8. The molecule has 0 bridgehead atoms. The topological polar surface area (TPSA) is 68.6 Å². The van der Waals surface area contributed by atoms with Crippen LogP contribution in [0.3, 0.4) is 0 Å². The van der Waals surface area contributed by atoms with Crippen LogP contribution in [0.25, 0.3) is 0 Å². The lowest BCUT2D eigenvalue weighted by molar-refractivity contribution is -0.127. The SMILES string of the molecule is CC(Oc1ccc(C#N)cc1)C(=O)NCCN1CCN(c2ccccc2)CC1. The fraction of sp³-hybridized carbons (Fsp3) is 0.364. The number of benzene rings is 2. The van der Waals surface area contributed by atoms with Gasteiger partial charge in [-0.2, -0.15) is 5.26 Å². The van der Waals surface area contributed by atoms with Crippen molar-refractivity contribution in [3.63, 3.8) is 0 Å². The van der Waals surface area contributed by atoms with Gasteiger partial charge in [0.1, 0.15) is 5.75 Å². The normalized spacial score (nSPS) is 15.5. The molecule has 2 aromatic rings. The van der Waals surface area contributed by atoms with E-state index in [4.69, 9.17) is 10.00 Å². The van der Waals surface area contributed by atoms with E-state index >= 15 is 0 Å². The van der Waals surface area contributed by atoms with E-state index in [1.807, 2.05) is 6.07 Å². The number of anilines is 1. The minimum Gasteiger partial charge on any atom is -0.481 e. The first-order valence-corrected chi connectivity index (χ1v) is 9.62. The Morgan fingerprint density at radius 2 is 1.79 bits per heavy atom. The Hall–Kier alpha value is -3.04. The zero-order valence-electron chi connectivity index (χ0n) is 16.2. The third-order valence-electron chi connectivity index (χ3n) is 4.89. The van der Waals surface area contributed by atoms with Crippen LogP contribution < -0.4 is 15.0 Å². The van der Waals surface area contributed by atoms with E-state index in [9.17, 15) is 4.79 Å². The van der Waals surface area contributed by atoms with Crippen molar-refractivity contribution in [1.82, 2.24) is 10.2 Å². The summed E-state index contributed by atoms with van der Waals surface area (Å²) in [6.07, 6.45) is -0.581. The van der Waals surface area contributed by atoms with Crippen molar-refractivity contribution >= 4 is 11.6 Å². The molecule has 1 aliphatic rings. The maximum absolute atomic E-state index is 12.2. The fourth-order valence-corrected chi connectivity index (χ4v) is 3.22. The number of ether oxygens (including phenoxy) is 1. The lowest BCUT2D eigenvalue weighted by Gasteiger charge is -2.36. The molecule has 1 aliphatic heterocycles. The molecule has 0 saturated carbocycles. The Bertz CT molecular complexity index is 794. The quantitative estimate of drug-likeness (QED) is 0.800. The molecule has 1 unspecified atom stereocenters. The highest BCUT2D eigenvalue weighted by Gasteiger charge is 2.18. The van der Waals surface area contributed by atoms with Crippen LogP contribution >= 0.6 is 0 Å². The number of carbonyl (C=O) groups is 1. The van der Waals surface area contributed by atoms with Gasteiger partial charge in [-0.05, 0) is 43.3 Å². The molecule has 0 radical (unpaired) electrons. The van der Waals surface area contributed by atoms with Crippen LogP contribution in [0.15, 0.2) is 54.6 Å². The monoisotopic (exact) mass is 378 g/mol. The van der Waals surface area contributed by atoms with Crippen LogP contribution in [-0.4, -0.2) is 56.2 Å². The number of hydrogen-bond donors (Lipinski definition) is 1. The molecule has 28 heavy (non-hydrogen) atoms. The fourth-order valence-electron chi connectivity index (χ4n) is 3.22. The first-order valence-electron chi connectivity index (χ1n) is 9.62. The summed E-state index contributed by atoms with van der Waals surface area (Å²) < 4.78 is 5.64. The predicted octanol–water partition coefficient (Wildman–Crippen LogP) is 2.26. The van der Waals surface area contributed by atoms with E-state index in [0.717, 1.165) is 32.7 Å². The Balaban J connectivity index is 1.35. The van der Waals surface area contributed by atoms with Gasteiger partial charge in [-0.25, -0.2) is 0 Å². The molecule has 6 nitrogen and oxygen atoms in total. The number of nitrogens with zero attached hydrogens (tertiary/aromatic N) is 3. The lowest BCUT2D eigenvalue weighted by Crippen LogP contribution is -2.49. The van der Waals surface area contributed by atoms with Gasteiger partial charge in [0, 0.05) is 45.0 Å². The Kier molecular flexibility index (Phi) is 6.88. The second kappa shape index (κ2) is 9.77. The number of nitriles is 1. The average Bonchev–Trinajstić information content (AvgIpc) is 2.75. The number of amides is 1. The Morgan fingerprint density at radius 1 is 1.11 bits per heavy atom. The number of nitrogens with one attached hydrogen (secondary N) is 1.